The molecule has 2 atom stereocenters. The first kappa shape index (κ1) is 51.6. The van der Waals surface area contributed by atoms with E-state index in [1.54, 1.807) is 0 Å². The van der Waals surface area contributed by atoms with Crippen LogP contribution in [0.4, 0.5) is 45.5 Å². The van der Waals surface area contributed by atoms with Crippen LogP contribution < -0.4 is 31.1 Å². The largest absolute Gasteiger partial charge is 0.334 e. The summed E-state index contributed by atoms with van der Waals surface area (Å²) in [7, 11) is 0. The first-order chi connectivity index (χ1) is 38.6. The van der Waals surface area contributed by atoms with Crippen LogP contribution in [0, 0.1) is 0 Å². The van der Waals surface area contributed by atoms with Crippen molar-refractivity contribution in [2.75, 3.05) is 14.7 Å². The van der Waals surface area contributed by atoms with Crippen molar-refractivity contribution >= 4 is 68.6 Å². The van der Waals surface area contributed by atoms with Crippen molar-refractivity contribution in [2.45, 2.75) is 148 Å². The summed E-state index contributed by atoms with van der Waals surface area (Å²) in [4.78, 5) is 8.23. The Morgan fingerprint density at radius 1 is 0.383 bits per heavy atom. The summed E-state index contributed by atoms with van der Waals surface area (Å²) in [6.45, 7) is 29.3. The molecule has 404 valence electrons. The Morgan fingerprint density at radius 2 is 0.889 bits per heavy atom. The van der Waals surface area contributed by atoms with Gasteiger partial charge in [-0.2, -0.15) is 0 Å². The number of hydrogen-bond acceptors (Lipinski definition) is 3. The first-order valence-electron chi connectivity index (χ1n) is 30.1. The molecule has 14 rings (SSSR count). The first-order valence-corrected chi connectivity index (χ1v) is 30.1. The van der Waals surface area contributed by atoms with E-state index in [9.17, 15) is 0 Å². The van der Waals surface area contributed by atoms with Crippen LogP contribution in [0.1, 0.15) is 143 Å². The normalized spacial score (nSPS) is 20.0. The molecule has 9 aromatic rings. The minimum absolute atomic E-state index is 0.0107. The monoisotopic (exact) mass is 1060 g/mol. The van der Waals surface area contributed by atoms with Crippen molar-refractivity contribution in [3.8, 4) is 33.4 Å². The van der Waals surface area contributed by atoms with Gasteiger partial charge in [-0.05, 0) is 174 Å². The highest BCUT2D eigenvalue weighted by Gasteiger charge is 2.58. The molecule has 0 N–H and O–H groups in total. The number of fused-ring (bicyclic) bond motifs is 8. The van der Waals surface area contributed by atoms with E-state index in [-0.39, 0.29) is 39.3 Å². The summed E-state index contributed by atoms with van der Waals surface area (Å²) < 4.78 is 0. The third kappa shape index (κ3) is 7.89. The molecule has 5 aliphatic rings. The lowest BCUT2D eigenvalue weighted by Crippen LogP contribution is -2.62. The van der Waals surface area contributed by atoms with E-state index in [1.807, 2.05) is 0 Å². The molecule has 1 fully saturated rings. The van der Waals surface area contributed by atoms with Crippen molar-refractivity contribution in [1.82, 2.24) is 0 Å². The van der Waals surface area contributed by atoms with E-state index in [4.69, 9.17) is 0 Å². The summed E-state index contributed by atoms with van der Waals surface area (Å²) >= 11 is 0. The summed E-state index contributed by atoms with van der Waals surface area (Å²) in [5.74, 6) is 0. The highest BCUT2D eigenvalue weighted by atomic mass is 15.3. The molecule has 0 saturated heterocycles. The molecule has 0 aromatic heterocycles. The molecule has 1 saturated carbocycles. The Balaban J connectivity index is 1.13. The molecule has 3 nitrogen and oxygen atoms in total. The van der Waals surface area contributed by atoms with Gasteiger partial charge in [0.25, 0.3) is 6.71 Å². The molecule has 9 aromatic carbocycles. The molecule has 3 heterocycles. The summed E-state index contributed by atoms with van der Waals surface area (Å²) in [5.41, 5.74) is 28.3. The SMILES string of the molecule is CC(C)(C)c1ccc(N2c3cc4c(cc3B3c5cc(-c6ccccc6)ccc5N(c5ccc(-c6ccccc6)cc5)c5cc(N6c7ccc(C(C)(C)C)cc7C7(C)CCCCC67C)cc2c53)C(C)(C)CC4(C)C)c(-c2ccccc2)c1. The van der Waals surface area contributed by atoms with Crippen molar-refractivity contribution < 1.29 is 0 Å². The second kappa shape index (κ2) is 18.0. The standard InChI is InChI=1S/C77H78BN3/c1-72(2,3)55-33-38-65(59(43-55)53-28-20-15-21-29-53)80-68-48-61-60(74(7,8)49-75(61,9)10)47-64(68)78-63-42-54(51-26-18-14-19-27-51)32-37-67(63)79(57-35-30-52(31-36-57)50-24-16-13-17-25-50)69-45-58(46-70(80)71(69)78)81-66-39-34-56(73(4,5)6)44-62(66)76(11)40-22-23-41-77(76,81)12/h13-21,24-39,42-48H,22-23,40-41,49H2,1-12H3. The molecule has 0 spiro atoms. The fourth-order valence-electron chi connectivity index (χ4n) is 16.0. The Bertz CT molecular complexity index is 3970. The topological polar surface area (TPSA) is 9.72 Å². The third-order valence-electron chi connectivity index (χ3n) is 20.3. The number of rotatable bonds is 6. The molecular formula is C77H78BN3. The predicted molar refractivity (Wildman–Crippen MR) is 348 cm³/mol. The molecule has 81 heavy (non-hydrogen) atoms. The second-order valence-electron chi connectivity index (χ2n) is 28.4. The fraction of sp³-hybridized carbons (Fsp3) is 0.299. The molecule has 0 bridgehead atoms. The highest BCUT2D eigenvalue weighted by Crippen LogP contribution is 2.63. The van der Waals surface area contributed by atoms with Gasteiger partial charge in [-0.3, -0.25) is 0 Å². The van der Waals surface area contributed by atoms with Gasteiger partial charge in [-0.25, -0.2) is 0 Å². The summed E-state index contributed by atoms with van der Waals surface area (Å²) in [6, 6.07) is 75.5. The van der Waals surface area contributed by atoms with E-state index >= 15 is 0 Å². The Kier molecular flexibility index (Phi) is 11.4. The van der Waals surface area contributed by atoms with Crippen molar-refractivity contribution in [1.29, 1.82) is 0 Å². The molecular weight excluding hydrogens is 978 g/mol. The van der Waals surface area contributed by atoms with Crippen molar-refractivity contribution in [2.24, 2.45) is 0 Å². The van der Waals surface area contributed by atoms with Crippen LogP contribution in [0.5, 0.6) is 0 Å². The Morgan fingerprint density at radius 3 is 1.52 bits per heavy atom. The number of anilines is 8. The average Bonchev–Trinajstić information content (AvgIpc) is 2.27. The van der Waals surface area contributed by atoms with E-state index in [1.165, 1.54) is 130 Å². The van der Waals surface area contributed by atoms with Crippen LogP contribution in [0.2, 0.25) is 0 Å². The van der Waals surface area contributed by atoms with Crippen LogP contribution in [0.25, 0.3) is 33.4 Å². The highest BCUT2D eigenvalue weighted by molar-refractivity contribution is 7.00. The molecule has 2 unspecified atom stereocenters. The Hall–Kier alpha value is -7.56. The molecule has 3 aliphatic heterocycles. The van der Waals surface area contributed by atoms with E-state index < -0.39 is 0 Å². The van der Waals surface area contributed by atoms with Crippen LogP contribution in [-0.2, 0) is 27.1 Å². The van der Waals surface area contributed by atoms with Crippen LogP contribution in [-0.4, -0.2) is 12.3 Å². The molecule has 2 aliphatic carbocycles. The molecule has 0 amide bonds. The van der Waals surface area contributed by atoms with Gasteiger partial charge in [0.15, 0.2) is 0 Å². The van der Waals surface area contributed by atoms with Crippen LogP contribution in [0.15, 0.2) is 194 Å². The van der Waals surface area contributed by atoms with Crippen molar-refractivity contribution in [3.05, 3.63) is 222 Å². The van der Waals surface area contributed by atoms with Gasteiger partial charge in [0.1, 0.15) is 0 Å². The van der Waals surface area contributed by atoms with Crippen LogP contribution in [0.3, 0.4) is 0 Å². The summed E-state index contributed by atoms with van der Waals surface area (Å²) in [6.07, 6.45) is 5.81. The van der Waals surface area contributed by atoms with Crippen LogP contribution >= 0.6 is 0 Å². The van der Waals surface area contributed by atoms with E-state index in [2.05, 4.69) is 292 Å². The quantitative estimate of drug-likeness (QED) is 0.154. The lowest BCUT2D eigenvalue weighted by atomic mass is 9.33. The van der Waals surface area contributed by atoms with Gasteiger partial charge < -0.3 is 14.7 Å². The molecule has 4 heteroatoms. The lowest BCUT2D eigenvalue weighted by Gasteiger charge is -2.51. The van der Waals surface area contributed by atoms with E-state index in [0.717, 1.165) is 24.9 Å². The molecule has 0 radical (unpaired) electrons. The zero-order valence-electron chi connectivity index (χ0n) is 49.9. The third-order valence-corrected chi connectivity index (χ3v) is 20.3. The second-order valence-corrected chi connectivity index (χ2v) is 28.4. The van der Waals surface area contributed by atoms with E-state index in [0.29, 0.717) is 0 Å². The van der Waals surface area contributed by atoms with Gasteiger partial charge >= 0.3 is 0 Å². The van der Waals surface area contributed by atoms with Crippen molar-refractivity contribution in [3.63, 3.8) is 0 Å². The number of nitrogens with zero attached hydrogens (tertiary/aromatic N) is 3. The van der Waals surface area contributed by atoms with Gasteiger partial charge in [0.2, 0.25) is 0 Å². The zero-order valence-corrected chi connectivity index (χ0v) is 49.9. The maximum absolute atomic E-state index is 2.84. The maximum atomic E-state index is 2.84. The lowest BCUT2D eigenvalue weighted by molar-refractivity contribution is 0.195. The maximum Gasteiger partial charge on any atom is 0.252 e. The smallest absolute Gasteiger partial charge is 0.252 e. The van der Waals surface area contributed by atoms with Gasteiger partial charge in [-0.1, -0.05) is 229 Å². The zero-order chi connectivity index (χ0) is 56.2. The number of benzene rings is 9. The number of hydrogen-bond donors (Lipinski definition) is 0. The minimum Gasteiger partial charge on any atom is -0.334 e. The Labute approximate surface area is 483 Å². The predicted octanol–water partition coefficient (Wildman–Crippen LogP) is 19.1. The minimum atomic E-state index is -0.179. The fourth-order valence-corrected chi connectivity index (χ4v) is 16.0. The van der Waals surface area contributed by atoms with Gasteiger partial charge in [0.05, 0.1) is 11.2 Å². The van der Waals surface area contributed by atoms with Gasteiger partial charge in [0, 0.05) is 50.8 Å². The average molecular weight is 1060 g/mol. The van der Waals surface area contributed by atoms with Gasteiger partial charge in [-0.15, -0.1) is 0 Å². The summed E-state index contributed by atoms with van der Waals surface area (Å²) in [5, 5.41) is 0.